The fraction of sp³-hybridized carbons (Fsp3) is 1.00. The van der Waals surface area contributed by atoms with E-state index in [1.54, 1.807) is 0 Å². The SMILES string of the molecule is CCC[CH2][SnH]([CH2]CCC)[CH2]C(O)CC. The summed E-state index contributed by atoms with van der Waals surface area (Å²) >= 11 is -1.29. The second-order valence-electron chi connectivity index (χ2n) is 4.45. The molecule has 0 bridgehead atoms. The Morgan fingerprint density at radius 2 is 1.50 bits per heavy atom. The van der Waals surface area contributed by atoms with Crippen molar-refractivity contribution in [3.63, 3.8) is 0 Å². The first-order chi connectivity index (χ1) is 6.74. The van der Waals surface area contributed by atoms with Gasteiger partial charge in [0.15, 0.2) is 0 Å². The molecule has 0 aliphatic carbocycles. The van der Waals surface area contributed by atoms with Crippen molar-refractivity contribution in [3.8, 4) is 0 Å². The van der Waals surface area contributed by atoms with E-state index >= 15 is 0 Å². The molecular weight excluding hydrogens is 279 g/mol. The summed E-state index contributed by atoms with van der Waals surface area (Å²) in [5, 5.41) is 9.68. The van der Waals surface area contributed by atoms with Crippen LogP contribution in [0.2, 0.25) is 13.3 Å². The first kappa shape index (κ1) is 14.8. The van der Waals surface area contributed by atoms with Gasteiger partial charge in [-0.1, -0.05) is 0 Å². The number of hydrogen-bond donors (Lipinski definition) is 1. The molecule has 0 aromatic heterocycles. The molecule has 0 saturated carbocycles. The van der Waals surface area contributed by atoms with E-state index in [1.165, 1.54) is 39.0 Å². The van der Waals surface area contributed by atoms with Crippen molar-refractivity contribution in [2.75, 3.05) is 0 Å². The Morgan fingerprint density at radius 1 is 1.00 bits per heavy atom. The van der Waals surface area contributed by atoms with Gasteiger partial charge in [-0.15, -0.1) is 0 Å². The van der Waals surface area contributed by atoms with Gasteiger partial charge in [0.05, 0.1) is 0 Å². The molecule has 0 fully saturated rings. The third-order valence-electron chi connectivity index (χ3n) is 3.01. The van der Waals surface area contributed by atoms with Gasteiger partial charge in [0.2, 0.25) is 0 Å². The molecule has 0 heterocycles. The summed E-state index contributed by atoms with van der Waals surface area (Å²) in [6.45, 7) is 6.66. The van der Waals surface area contributed by atoms with Crippen LogP contribution >= 0.6 is 0 Å². The minimum absolute atomic E-state index is 0.0320. The molecule has 1 nitrogen and oxygen atoms in total. The molecule has 1 N–H and O–H groups in total. The molecule has 0 aliphatic rings. The molecule has 0 aromatic carbocycles. The van der Waals surface area contributed by atoms with E-state index in [0.29, 0.717) is 0 Å². The molecule has 0 rings (SSSR count). The number of aliphatic hydroxyl groups is 1. The predicted octanol–water partition coefficient (Wildman–Crippen LogP) is 3.58. The summed E-state index contributed by atoms with van der Waals surface area (Å²) in [5.74, 6) is 0. The fourth-order valence-electron chi connectivity index (χ4n) is 1.92. The van der Waals surface area contributed by atoms with Crippen LogP contribution in [0.3, 0.4) is 0 Å². The predicted molar refractivity (Wildman–Crippen MR) is 67.7 cm³/mol. The molecular formula is C12H28OSn. The van der Waals surface area contributed by atoms with Gasteiger partial charge in [0, 0.05) is 0 Å². The van der Waals surface area contributed by atoms with Crippen LogP contribution in [0.4, 0.5) is 0 Å². The Bertz CT molecular complexity index is 109. The van der Waals surface area contributed by atoms with Crippen molar-refractivity contribution in [1.82, 2.24) is 0 Å². The van der Waals surface area contributed by atoms with Crippen LogP contribution in [0.1, 0.15) is 52.9 Å². The van der Waals surface area contributed by atoms with Gasteiger partial charge in [-0.3, -0.25) is 0 Å². The summed E-state index contributed by atoms with van der Waals surface area (Å²) < 4.78 is 4.28. The first-order valence-electron chi connectivity index (χ1n) is 6.42. The topological polar surface area (TPSA) is 20.2 Å². The Hall–Kier alpha value is 0.759. The molecule has 86 valence electrons. The van der Waals surface area contributed by atoms with Crippen molar-refractivity contribution < 1.29 is 5.11 Å². The zero-order chi connectivity index (χ0) is 10.8. The first-order valence-corrected chi connectivity index (χ1v) is 13.4. The van der Waals surface area contributed by atoms with Crippen LogP contribution in [-0.2, 0) is 0 Å². The second-order valence-corrected chi connectivity index (χ2v) is 14.0. The maximum atomic E-state index is 9.68. The van der Waals surface area contributed by atoms with E-state index in [1.807, 2.05) is 0 Å². The molecule has 2 heteroatoms. The van der Waals surface area contributed by atoms with Gasteiger partial charge in [-0.25, -0.2) is 0 Å². The molecule has 14 heavy (non-hydrogen) atoms. The van der Waals surface area contributed by atoms with E-state index in [-0.39, 0.29) is 6.10 Å². The summed E-state index contributed by atoms with van der Waals surface area (Å²) in [7, 11) is 0. The van der Waals surface area contributed by atoms with Crippen LogP contribution in [0.5, 0.6) is 0 Å². The summed E-state index contributed by atoms with van der Waals surface area (Å²) in [5.41, 5.74) is 0. The molecule has 0 aromatic rings. The van der Waals surface area contributed by atoms with Crippen molar-refractivity contribution in [1.29, 1.82) is 0 Å². The number of aliphatic hydroxyl groups excluding tert-OH is 1. The van der Waals surface area contributed by atoms with E-state index in [0.717, 1.165) is 6.42 Å². The van der Waals surface area contributed by atoms with Gasteiger partial charge in [0.1, 0.15) is 0 Å². The second kappa shape index (κ2) is 10.3. The summed E-state index contributed by atoms with van der Waals surface area (Å²) in [4.78, 5) is 0. The normalized spacial score (nSPS) is 13.5. The standard InChI is InChI=1S/C4H9O.2C4H9.Sn.H/c1-3-4(2)5;2*1-3-4-2;;/h4-5H,2-3H2,1H3;2*1,3-4H2,2H3;;. The van der Waals surface area contributed by atoms with E-state index in [4.69, 9.17) is 0 Å². The van der Waals surface area contributed by atoms with Crippen molar-refractivity contribution in [2.45, 2.75) is 72.3 Å². The number of rotatable bonds is 9. The van der Waals surface area contributed by atoms with E-state index < -0.39 is 19.8 Å². The quantitative estimate of drug-likeness (QED) is 0.646. The Balaban J connectivity index is 3.71. The molecule has 0 amide bonds. The number of hydrogen-bond acceptors (Lipinski definition) is 1. The zero-order valence-corrected chi connectivity index (χ0v) is 13.6. The molecule has 0 radical (unpaired) electrons. The Morgan fingerprint density at radius 3 is 1.86 bits per heavy atom. The van der Waals surface area contributed by atoms with Gasteiger partial charge < -0.3 is 0 Å². The molecule has 1 atom stereocenters. The monoisotopic (exact) mass is 308 g/mol. The van der Waals surface area contributed by atoms with Gasteiger partial charge in [-0.2, -0.15) is 0 Å². The van der Waals surface area contributed by atoms with E-state index in [2.05, 4.69) is 20.8 Å². The summed E-state index contributed by atoms with van der Waals surface area (Å²) in [6.07, 6.45) is 6.50. The molecule has 0 spiro atoms. The number of unbranched alkanes of at least 4 members (excludes halogenated alkanes) is 2. The third-order valence-corrected chi connectivity index (χ3v) is 13.5. The maximum absolute atomic E-state index is 9.68. The van der Waals surface area contributed by atoms with Crippen molar-refractivity contribution >= 4 is 19.8 Å². The van der Waals surface area contributed by atoms with Crippen molar-refractivity contribution in [3.05, 3.63) is 0 Å². The zero-order valence-electron chi connectivity index (χ0n) is 10.3. The Kier molecular flexibility index (Phi) is 10.8. The fourth-order valence-corrected chi connectivity index (χ4v) is 12.9. The average molecular weight is 307 g/mol. The van der Waals surface area contributed by atoms with Crippen molar-refractivity contribution in [2.24, 2.45) is 0 Å². The minimum atomic E-state index is -1.29. The van der Waals surface area contributed by atoms with E-state index in [9.17, 15) is 5.11 Å². The Labute approximate surface area is 97.0 Å². The van der Waals surface area contributed by atoms with Crippen LogP contribution < -0.4 is 0 Å². The van der Waals surface area contributed by atoms with Crippen LogP contribution in [0, 0.1) is 0 Å². The van der Waals surface area contributed by atoms with Crippen LogP contribution in [0.15, 0.2) is 0 Å². The van der Waals surface area contributed by atoms with Crippen LogP contribution in [-0.4, -0.2) is 31.0 Å². The summed E-state index contributed by atoms with van der Waals surface area (Å²) in [6, 6.07) is 0. The van der Waals surface area contributed by atoms with Gasteiger partial charge in [-0.05, 0) is 0 Å². The van der Waals surface area contributed by atoms with Gasteiger partial charge in [0.25, 0.3) is 0 Å². The third kappa shape index (κ3) is 8.10. The molecule has 0 aliphatic heterocycles. The molecule has 0 saturated heterocycles. The van der Waals surface area contributed by atoms with Crippen LogP contribution in [0.25, 0.3) is 0 Å². The average Bonchev–Trinajstić information content (AvgIpc) is 2.21. The van der Waals surface area contributed by atoms with Gasteiger partial charge >= 0.3 is 97.2 Å². The molecule has 1 unspecified atom stereocenters.